The van der Waals surface area contributed by atoms with Crippen LogP contribution < -0.4 is 10.2 Å². The van der Waals surface area contributed by atoms with Gasteiger partial charge in [0.25, 0.3) is 5.69 Å². The molecule has 0 radical (unpaired) electrons. The fourth-order valence-corrected chi connectivity index (χ4v) is 3.86. The van der Waals surface area contributed by atoms with Gasteiger partial charge < -0.3 is 14.6 Å². The number of aryl methyl sites for hydroxylation is 1. The normalized spacial score (nSPS) is 15.2. The highest BCUT2D eigenvalue weighted by Gasteiger charge is 2.35. The Balaban J connectivity index is 1.43. The molecule has 168 valence electrons. The first-order chi connectivity index (χ1) is 15.1. The second kappa shape index (κ2) is 8.13. The lowest BCUT2D eigenvalue weighted by molar-refractivity contribution is -0.384. The van der Waals surface area contributed by atoms with E-state index in [4.69, 9.17) is 4.42 Å². The summed E-state index contributed by atoms with van der Waals surface area (Å²) in [5, 5.41) is 14.2. The molecule has 1 aromatic heterocycles. The molecule has 2 heterocycles. The van der Waals surface area contributed by atoms with Crippen LogP contribution >= 0.6 is 0 Å². The molecule has 2 aromatic carbocycles. The van der Waals surface area contributed by atoms with Crippen molar-refractivity contribution in [1.29, 1.82) is 0 Å². The molecule has 0 aliphatic carbocycles. The number of aromatic nitrogens is 1. The van der Waals surface area contributed by atoms with Gasteiger partial charge in [-0.3, -0.25) is 14.9 Å². The molecular formula is C21H19F3N4O4. The Morgan fingerprint density at radius 2 is 1.94 bits per heavy atom. The lowest BCUT2D eigenvalue weighted by Gasteiger charge is -2.32. The minimum Gasteiger partial charge on any atom is -0.441 e. The van der Waals surface area contributed by atoms with Crippen LogP contribution in [0.2, 0.25) is 0 Å². The van der Waals surface area contributed by atoms with Crippen molar-refractivity contribution >= 4 is 34.1 Å². The van der Waals surface area contributed by atoms with Crippen LogP contribution in [0.1, 0.15) is 24.3 Å². The van der Waals surface area contributed by atoms with Crippen LogP contribution in [0.4, 0.5) is 30.2 Å². The number of carbonyl (C=O) groups excluding carboxylic acids is 1. The maximum absolute atomic E-state index is 12.9. The molecule has 0 bridgehead atoms. The highest BCUT2D eigenvalue weighted by Crippen LogP contribution is 2.37. The molecule has 1 N–H and O–H groups in total. The van der Waals surface area contributed by atoms with Crippen molar-refractivity contribution in [1.82, 2.24) is 4.98 Å². The first-order valence-electron chi connectivity index (χ1n) is 9.90. The van der Waals surface area contributed by atoms with Crippen LogP contribution in [-0.4, -0.2) is 28.9 Å². The van der Waals surface area contributed by atoms with Crippen molar-refractivity contribution in [2.45, 2.75) is 25.9 Å². The largest absolute Gasteiger partial charge is 0.441 e. The predicted molar refractivity (Wildman–Crippen MR) is 110 cm³/mol. The number of hydrogen-bond acceptors (Lipinski definition) is 6. The Hall–Kier alpha value is -3.63. The number of nitro groups is 1. The maximum atomic E-state index is 12.9. The van der Waals surface area contributed by atoms with Crippen LogP contribution in [0.3, 0.4) is 0 Å². The molecular weight excluding hydrogens is 429 g/mol. The number of piperidine rings is 1. The van der Waals surface area contributed by atoms with Crippen LogP contribution in [0.25, 0.3) is 11.1 Å². The summed E-state index contributed by atoms with van der Waals surface area (Å²) in [7, 11) is 0. The Kier molecular flexibility index (Phi) is 5.49. The minimum atomic E-state index is -4.66. The zero-order chi connectivity index (χ0) is 23.0. The number of carbonyl (C=O) groups is 1. The summed E-state index contributed by atoms with van der Waals surface area (Å²) in [6.45, 7) is 2.35. The van der Waals surface area contributed by atoms with E-state index in [2.05, 4.69) is 10.3 Å². The monoisotopic (exact) mass is 448 g/mol. The number of halogens is 3. The number of fused-ring (bicyclic) bond motifs is 1. The fourth-order valence-electron chi connectivity index (χ4n) is 3.86. The Morgan fingerprint density at radius 3 is 2.59 bits per heavy atom. The molecule has 1 saturated heterocycles. The first kappa shape index (κ1) is 21.6. The number of anilines is 2. The SMILES string of the molecule is Cc1nc2cc(NC(=O)C3CCN(c4ccc(C(F)(F)F)cc4[N+](=O)[O-])CC3)ccc2o1. The smallest absolute Gasteiger partial charge is 0.416 e. The molecule has 0 unspecified atom stereocenters. The lowest BCUT2D eigenvalue weighted by Crippen LogP contribution is -2.38. The highest BCUT2D eigenvalue weighted by molar-refractivity contribution is 5.94. The third kappa shape index (κ3) is 4.36. The average Bonchev–Trinajstić information content (AvgIpc) is 3.12. The van der Waals surface area contributed by atoms with Crippen molar-refractivity contribution in [3.05, 3.63) is 58.0 Å². The summed E-state index contributed by atoms with van der Waals surface area (Å²) in [5.41, 5.74) is 0.280. The van der Waals surface area contributed by atoms with Crippen molar-refractivity contribution < 1.29 is 27.3 Å². The predicted octanol–water partition coefficient (Wildman–Crippen LogP) is 4.92. The summed E-state index contributed by atoms with van der Waals surface area (Å²) >= 11 is 0. The number of rotatable bonds is 4. The lowest BCUT2D eigenvalue weighted by atomic mass is 9.95. The van der Waals surface area contributed by atoms with Crippen molar-refractivity contribution in [3.8, 4) is 0 Å². The van der Waals surface area contributed by atoms with Crippen LogP contribution in [-0.2, 0) is 11.0 Å². The van der Waals surface area contributed by atoms with Gasteiger partial charge in [-0.25, -0.2) is 4.98 Å². The van der Waals surface area contributed by atoms with E-state index in [-0.39, 0.29) is 17.5 Å². The summed E-state index contributed by atoms with van der Waals surface area (Å²) < 4.78 is 44.2. The molecule has 0 spiro atoms. The molecule has 8 nitrogen and oxygen atoms in total. The van der Waals surface area contributed by atoms with E-state index in [1.165, 1.54) is 0 Å². The van der Waals surface area contributed by atoms with Crippen molar-refractivity contribution in [2.24, 2.45) is 5.92 Å². The van der Waals surface area contributed by atoms with Crippen LogP contribution in [0.15, 0.2) is 40.8 Å². The van der Waals surface area contributed by atoms with E-state index in [0.717, 1.165) is 12.1 Å². The van der Waals surface area contributed by atoms with Gasteiger partial charge >= 0.3 is 6.18 Å². The van der Waals surface area contributed by atoms with E-state index in [9.17, 15) is 28.1 Å². The van der Waals surface area contributed by atoms with E-state index in [0.29, 0.717) is 54.7 Å². The quantitative estimate of drug-likeness (QED) is 0.449. The summed E-state index contributed by atoms with van der Waals surface area (Å²) in [6.07, 6.45) is -3.84. The van der Waals surface area contributed by atoms with Gasteiger partial charge in [0.2, 0.25) is 5.91 Å². The topological polar surface area (TPSA) is 102 Å². The minimum absolute atomic E-state index is 0.119. The second-order valence-corrected chi connectivity index (χ2v) is 7.62. The fraction of sp³-hybridized carbons (Fsp3) is 0.333. The van der Waals surface area contributed by atoms with Gasteiger partial charge in [0.05, 0.1) is 10.5 Å². The van der Waals surface area contributed by atoms with E-state index < -0.39 is 22.4 Å². The third-order valence-electron chi connectivity index (χ3n) is 5.47. The van der Waals surface area contributed by atoms with Crippen molar-refractivity contribution in [3.63, 3.8) is 0 Å². The zero-order valence-electron chi connectivity index (χ0n) is 17.0. The van der Waals surface area contributed by atoms with Gasteiger partial charge in [-0.05, 0) is 43.2 Å². The first-order valence-corrected chi connectivity index (χ1v) is 9.90. The second-order valence-electron chi connectivity index (χ2n) is 7.62. The molecule has 4 rings (SSSR count). The zero-order valence-corrected chi connectivity index (χ0v) is 17.0. The van der Waals surface area contributed by atoms with E-state index in [1.54, 1.807) is 30.0 Å². The van der Waals surface area contributed by atoms with Crippen LogP contribution in [0, 0.1) is 23.0 Å². The third-order valence-corrected chi connectivity index (χ3v) is 5.47. The van der Waals surface area contributed by atoms with E-state index in [1.807, 2.05) is 0 Å². The molecule has 32 heavy (non-hydrogen) atoms. The van der Waals surface area contributed by atoms with Gasteiger partial charge in [-0.1, -0.05) is 0 Å². The summed E-state index contributed by atoms with van der Waals surface area (Å²) in [4.78, 5) is 29.1. The molecule has 1 fully saturated rings. The number of hydrogen-bond donors (Lipinski definition) is 1. The van der Waals surface area contributed by atoms with Gasteiger partial charge in [0, 0.05) is 37.7 Å². The highest BCUT2D eigenvalue weighted by atomic mass is 19.4. The number of nitro benzene ring substituents is 1. The number of nitrogens with one attached hydrogen (secondary N) is 1. The Labute approximate surface area is 180 Å². The number of oxazole rings is 1. The summed E-state index contributed by atoms with van der Waals surface area (Å²) in [5.74, 6) is 0.00819. The number of benzene rings is 2. The molecule has 11 heteroatoms. The number of nitrogens with zero attached hydrogens (tertiary/aromatic N) is 3. The molecule has 0 saturated carbocycles. The van der Waals surface area contributed by atoms with Gasteiger partial charge in [0.15, 0.2) is 11.5 Å². The molecule has 1 amide bonds. The molecule has 3 aromatic rings. The molecule has 1 aliphatic heterocycles. The molecule has 0 atom stereocenters. The maximum Gasteiger partial charge on any atom is 0.416 e. The standard InChI is InChI=1S/C21H19F3N4O4/c1-12-25-16-11-15(3-5-19(16)32-12)26-20(29)13-6-8-27(9-7-13)17-4-2-14(21(22,23)24)10-18(17)28(30)31/h2-5,10-11,13H,6-9H2,1H3,(H,26,29). The number of alkyl halides is 3. The van der Waals surface area contributed by atoms with Crippen molar-refractivity contribution in [2.75, 3.05) is 23.3 Å². The number of amides is 1. The summed E-state index contributed by atoms with van der Waals surface area (Å²) in [6, 6.07) is 7.66. The van der Waals surface area contributed by atoms with Gasteiger partial charge in [0.1, 0.15) is 11.2 Å². The Bertz CT molecular complexity index is 1180. The van der Waals surface area contributed by atoms with Gasteiger partial charge in [-0.2, -0.15) is 13.2 Å². The van der Waals surface area contributed by atoms with Crippen LogP contribution in [0.5, 0.6) is 0 Å². The molecule has 1 aliphatic rings. The van der Waals surface area contributed by atoms with E-state index >= 15 is 0 Å². The Morgan fingerprint density at radius 1 is 1.22 bits per heavy atom. The average molecular weight is 448 g/mol. The van der Waals surface area contributed by atoms with Gasteiger partial charge in [-0.15, -0.1) is 0 Å².